The van der Waals surface area contributed by atoms with Gasteiger partial charge in [0, 0.05) is 44.8 Å². The Morgan fingerprint density at radius 1 is 1.15 bits per heavy atom. The third-order valence-electron chi connectivity index (χ3n) is 5.19. The van der Waals surface area contributed by atoms with Crippen molar-refractivity contribution in [3.63, 3.8) is 0 Å². The molecule has 2 aliphatic heterocycles. The molecule has 134 valence electrons. The molecule has 26 heavy (non-hydrogen) atoms. The number of hydrogen-bond donors (Lipinski definition) is 1. The van der Waals surface area contributed by atoms with Gasteiger partial charge < -0.3 is 15.1 Å². The molecule has 2 saturated heterocycles. The summed E-state index contributed by atoms with van der Waals surface area (Å²) in [4.78, 5) is 37.0. The number of nitrogens with zero attached hydrogens (tertiary/aromatic N) is 4. The number of nitrogens with one attached hydrogen (secondary N) is 1. The Morgan fingerprint density at radius 3 is 2.62 bits per heavy atom. The minimum absolute atomic E-state index is 0.0716. The van der Waals surface area contributed by atoms with Crippen molar-refractivity contribution in [3.8, 4) is 0 Å². The van der Waals surface area contributed by atoms with Crippen LogP contribution < -0.4 is 5.32 Å². The molecule has 2 atom stereocenters. The number of rotatable bonds is 3. The lowest BCUT2D eigenvalue weighted by Crippen LogP contribution is -2.42. The number of fused-ring (bicyclic) bond motifs is 1. The molecular formula is C19H21N5O2. The maximum atomic E-state index is 12.7. The smallest absolute Gasteiger partial charge is 0.257 e. The number of para-hydroxylation sites is 1. The zero-order valence-electron chi connectivity index (χ0n) is 14.6. The molecule has 7 heteroatoms. The Kier molecular flexibility index (Phi) is 4.28. The number of anilines is 2. The van der Waals surface area contributed by atoms with Gasteiger partial charge in [0.2, 0.25) is 11.9 Å². The first-order valence-corrected chi connectivity index (χ1v) is 8.80. The molecular weight excluding hydrogens is 330 g/mol. The van der Waals surface area contributed by atoms with E-state index in [2.05, 4.69) is 15.3 Å². The molecule has 0 saturated carbocycles. The number of piperidine rings is 1. The van der Waals surface area contributed by atoms with E-state index < -0.39 is 0 Å². The summed E-state index contributed by atoms with van der Waals surface area (Å²) in [6.45, 7) is 1.88. The van der Waals surface area contributed by atoms with Crippen molar-refractivity contribution in [1.82, 2.24) is 19.8 Å². The minimum atomic E-state index is -0.110. The van der Waals surface area contributed by atoms with Gasteiger partial charge in [-0.25, -0.2) is 9.97 Å². The summed E-state index contributed by atoms with van der Waals surface area (Å²) in [7, 11) is 1.83. The zero-order valence-corrected chi connectivity index (χ0v) is 14.6. The lowest BCUT2D eigenvalue weighted by molar-refractivity contribution is -0.137. The van der Waals surface area contributed by atoms with Crippen molar-refractivity contribution >= 4 is 23.5 Å². The number of carbonyl (C=O) groups excluding carboxylic acids is 2. The van der Waals surface area contributed by atoms with Crippen molar-refractivity contribution in [1.29, 1.82) is 0 Å². The van der Waals surface area contributed by atoms with Gasteiger partial charge in [-0.2, -0.15) is 0 Å². The third-order valence-corrected chi connectivity index (χ3v) is 5.19. The number of carbonyl (C=O) groups is 2. The molecule has 4 rings (SSSR count). The zero-order chi connectivity index (χ0) is 18.1. The summed E-state index contributed by atoms with van der Waals surface area (Å²) in [6, 6.07) is 9.62. The summed E-state index contributed by atoms with van der Waals surface area (Å²) in [5.74, 6) is 0.677. The van der Waals surface area contributed by atoms with E-state index in [0.29, 0.717) is 24.6 Å². The van der Waals surface area contributed by atoms with Crippen LogP contribution in [0.25, 0.3) is 0 Å². The fraction of sp³-hybridized carbons (Fsp3) is 0.368. The Balaban J connectivity index is 1.43. The molecule has 0 aliphatic carbocycles. The van der Waals surface area contributed by atoms with Gasteiger partial charge in [0.05, 0.1) is 11.5 Å². The van der Waals surface area contributed by atoms with Gasteiger partial charge in [0.15, 0.2) is 0 Å². The number of hydrogen-bond acceptors (Lipinski definition) is 5. The lowest BCUT2D eigenvalue weighted by Gasteiger charge is -2.30. The van der Waals surface area contributed by atoms with E-state index in [1.54, 1.807) is 9.80 Å². The molecule has 0 spiro atoms. The average Bonchev–Trinajstić information content (AvgIpc) is 3.11. The van der Waals surface area contributed by atoms with Gasteiger partial charge in [0.25, 0.3) is 5.91 Å². The molecule has 0 radical (unpaired) electrons. The molecule has 2 aliphatic rings. The van der Waals surface area contributed by atoms with Gasteiger partial charge in [-0.1, -0.05) is 18.2 Å². The predicted octanol–water partition coefficient (Wildman–Crippen LogP) is 1.77. The van der Waals surface area contributed by atoms with Crippen LogP contribution in [0.5, 0.6) is 0 Å². The Labute approximate surface area is 152 Å². The highest BCUT2D eigenvalue weighted by Crippen LogP contribution is 2.32. The van der Waals surface area contributed by atoms with Gasteiger partial charge in [-0.15, -0.1) is 0 Å². The van der Waals surface area contributed by atoms with E-state index in [9.17, 15) is 9.59 Å². The maximum Gasteiger partial charge on any atom is 0.257 e. The molecule has 1 aromatic heterocycles. The SMILES string of the molecule is CN1CC[C@@H]2CN(C(=O)c3cnc(Nc4ccccc4)nc3)C[C@@H]2C1=O. The molecule has 2 amide bonds. The van der Waals surface area contributed by atoms with Crippen LogP contribution in [0.3, 0.4) is 0 Å². The van der Waals surface area contributed by atoms with Gasteiger partial charge >= 0.3 is 0 Å². The lowest BCUT2D eigenvalue weighted by atomic mass is 9.88. The standard InChI is InChI=1S/C19H21N5O2/c1-23-8-7-13-11-24(12-16(13)18(23)26)17(25)14-9-20-19(21-10-14)22-15-5-3-2-4-6-15/h2-6,9-10,13,16H,7-8,11-12H2,1H3,(H,20,21,22)/t13-,16+/m1/s1. The van der Waals surface area contributed by atoms with Crippen LogP contribution in [0, 0.1) is 11.8 Å². The van der Waals surface area contributed by atoms with Crippen molar-refractivity contribution < 1.29 is 9.59 Å². The summed E-state index contributed by atoms with van der Waals surface area (Å²) >= 11 is 0. The summed E-state index contributed by atoms with van der Waals surface area (Å²) in [5, 5.41) is 3.09. The van der Waals surface area contributed by atoms with Crippen molar-refractivity contribution in [3.05, 3.63) is 48.3 Å². The summed E-state index contributed by atoms with van der Waals surface area (Å²) < 4.78 is 0. The molecule has 3 heterocycles. The topological polar surface area (TPSA) is 78.4 Å². The second kappa shape index (κ2) is 6.74. The van der Waals surface area contributed by atoms with Crippen molar-refractivity contribution in [2.45, 2.75) is 6.42 Å². The van der Waals surface area contributed by atoms with Crippen LogP contribution in [-0.2, 0) is 4.79 Å². The quantitative estimate of drug-likeness (QED) is 0.912. The summed E-state index contributed by atoms with van der Waals surface area (Å²) in [6.07, 6.45) is 4.03. The van der Waals surface area contributed by atoms with E-state index in [0.717, 1.165) is 18.7 Å². The monoisotopic (exact) mass is 351 g/mol. The number of benzene rings is 1. The first kappa shape index (κ1) is 16.5. The van der Waals surface area contributed by atoms with Crippen molar-refractivity contribution in [2.75, 3.05) is 32.0 Å². The molecule has 2 fully saturated rings. The maximum absolute atomic E-state index is 12.7. The average molecular weight is 351 g/mol. The summed E-state index contributed by atoms with van der Waals surface area (Å²) in [5.41, 5.74) is 1.33. The van der Waals surface area contributed by atoms with Crippen LogP contribution in [0.15, 0.2) is 42.7 Å². The van der Waals surface area contributed by atoms with Gasteiger partial charge in [0.1, 0.15) is 0 Å². The first-order valence-electron chi connectivity index (χ1n) is 8.80. The highest BCUT2D eigenvalue weighted by molar-refractivity contribution is 5.94. The van der Waals surface area contributed by atoms with Gasteiger partial charge in [-0.05, 0) is 24.5 Å². The van der Waals surface area contributed by atoms with E-state index in [1.807, 2.05) is 37.4 Å². The fourth-order valence-electron chi connectivity index (χ4n) is 3.70. The number of aromatic nitrogens is 2. The normalized spacial score (nSPS) is 22.3. The van der Waals surface area contributed by atoms with Crippen molar-refractivity contribution in [2.24, 2.45) is 11.8 Å². The van der Waals surface area contributed by atoms with Crippen LogP contribution >= 0.6 is 0 Å². The third kappa shape index (κ3) is 3.12. The molecule has 2 aromatic rings. The fourth-order valence-corrected chi connectivity index (χ4v) is 3.70. The van der Waals surface area contributed by atoms with E-state index in [4.69, 9.17) is 0 Å². The number of likely N-dealkylation sites (tertiary alicyclic amines) is 2. The molecule has 1 N–H and O–H groups in total. The Bertz CT molecular complexity index is 808. The highest BCUT2D eigenvalue weighted by atomic mass is 16.2. The number of amides is 2. The van der Waals surface area contributed by atoms with E-state index in [-0.39, 0.29) is 23.7 Å². The first-order chi connectivity index (χ1) is 12.6. The van der Waals surface area contributed by atoms with Crippen LogP contribution in [0.1, 0.15) is 16.8 Å². The highest BCUT2D eigenvalue weighted by Gasteiger charge is 2.43. The molecule has 0 bridgehead atoms. The van der Waals surface area contributed by atoms with E-state index in [1.165, 1.54) is 12.4 Å². The van der Waals surface area contributed by atoms with Crippen LogP contribution in [-0.4, -0.2) is 58.3 Å². The predicted molar refractivity (Wildman–Crippen MR) is 96.9 cm³/mol. The Hall–Kier alpha value is -2.96. The second-order valence-corrected chi connectivity index (χ2v) is 6.91. The molecule has 1 aromatic carbocycles. The molecule has 7 nitrogen and oxygen atoms in total. The second-order valence-electron chi connectivity index (χ2n) is 6.91. The minimum Gasteiger partial charge on any atom is -0.345 e. The largest absolute Gasteiger partial charge is 0.345 e. The molecule has 0 unspecified atom stereocenters. The van der Waals surface area contributed by atoms with Crippen LogP contribution in [0.2, 0.25) is 0 Å². The van der Waals surface area contributed by atoms with E-state index >= 15 is 0 Å². The Morgan fingerprint density at radius 2 is 1.88 bits per heavy atom. The van der Waals surface area contributed by atoms with Crippen LogP contribution in [0.4, 0.5) is 11.6 Å². The van der Waals surface area contributed by atoms with Gasteiger partial charge in [-0.3, -0.25) is 9.59 Å².